The first kappa shape index (κ1) is 8.88. The van der Waals surface area contributed by atoms with E-state index in [1.165, 1.54) is 11.0 Å². The van der Waals surface area contributed by atoms with Gasteiger partial charge in [0.15, 0.2) is 0 Å². The fraction of sp³-hybridized carbons (Fsp3) is 0. The van der Waals surface area contributed by atoms with Crippen LogP contribution >= 0.6 is 0 Å². The van der Waals surface area contributed by atoms with Crippen LogP contribution in [-0.2, 0) is 0 Å². The summed E-state index contributed by atoms with van der Waals surface area (Å²) >= 11 is 0. The van der Waals surface area contributed by atoms with Gasteiger partial charge in [0.25, 0.3) is 0 Å². The molecule has 0 aliphatic rings. The van der Waals surface area contributed by atoms with Crippen LogP contribution in [0.1, 0.15) is 0 Å². The maximum atomic E-state index is 9.15. The maximum absolute atomic E-state index is 9.15. The number of hydrogen-bond acceptors (Lipinski definition) is 1. The molecule has 0 saturated carbocycles. The van der Waals surface area contributed by atoms with Gasteiger partial charge in [-0.25, -0.2) is 0 Å². The van der Waals surface area contributed by atoms with E-state index in [4.69, 9.17) is 5.11 Å². The first-order chi connectivity index (χ1) is 6.75. The monoisotopic (exact) mass is 182 g/mol. The molecule has 2 rings (SSSR count). The Morgan fingerprint density at radius 2 is 1.14 bits per heavy atom. The van der Waals surface area contributed by atoms with E-state index >= 15 is 0 Å². The van der Waals surface area contributed by atoms with Gasteiger partial charge in [0.2, 0.25) is 0 Å². The van der Waals surface area contributed by atoms with Gasteiger partial charge in [0.05, 0.1) is 0 Å². The molecule has 0 saturated heterocycles. The van der Waals surface area contributed by atoms with E-state index in [1.807, 2.05) is 12.1 Å². The summed E-state index contributed by atoms with van der Waals surface area (Å²) in [5, 5.41) is 9.15. The molecule has 0 aromatic heterocycles. The van der Waals surface area contributed by atoms with Crippen molar-refractivity contribution < 1.29 is 5.11 Å². The van der Waals surface area contributed by atoms with Crippen LogP contribution in [0.4, 0.5) is 0 Å². The van der Waals surface area contributed by atoms with Crippen LogP contribution in [0.15, 0.2) is 48.5 Å². The van der Waals surface area contributed by atoms with Crippen LogP contribution in [0.3, 0.4) is 0 Å². The molecule has 0 fully saturated rings. The van der Waals surface area contributed by atoms with Crippen molar-refractivity contribution in [3.05, 3.63) is 48.5 Å². The van der Waals surface area contributed by atoms with Gasteiger partial charge in [0.1, 0.15) is 13.6 Å². The average Bonchev–Trinajstić information content (AvgIpc) is 2.21. The summed E-state index contributed by atoms with van der Waals surface area (Å²) in [4.78, 5) is 0. The third-order valence-corrected chi connectivity index (χ3v) is 2.25. The molecule has 14 heavy (non-hydrogen) atoms. The van der Waals surface area contributed by atoms with Gasteiger partial charge < -0.3 is 5.11 Å². The van der Waals surface area contributed by atoms with Gasteiger partial charge in [0, 0.05) is 0 Å². The van der Waals surface area contributed by atoms with Crippen molar-refractivity contribution in [2.75, 3.05) is 0 Å². The average molecular weight is 182 g/mol. The zero-order chi connectivity index (χ0) is 9.97. The standard InChI is InChI=1S/C12H11BO/c13-11-5-1-9(2-6-11)10-3-7-12(14)8-4-10/h1-8,14H,13H2. The highest BCUT2D eigenvalue weighted by Gasteiger charge is 1.96. The number of aromatic hydroxyl groups is 1. The lowest BCUT2D eigenvalue weighted by atomic mass is 9.94. The first-order valence-electron chi connectivity index (χ1n) is 4.62. The predicted octanol–water partition coefficient (Wildman–Crippen LogP) is 1.32. The van der Waals surface area contributed by atoms with Gasteiger partial charge in [-0.05, 0) is 23.3 Å². The van der Waals surface area contributed by atoms with Crippen LogP contribution in [-0.4, -0.2) is 13.0 Å². The van der Waals surface area contributed by atoms with E-state index < -0.39 is 0 Å². The van der Waals surface area contributed by atoms with Crippen LogP contribution in [0.25, 0.3) is 11.1 Å². The molecule has 0 aliphatic carbocycles. The van der Waals surface area contributed by atoms with E-state index in [0.717, 1.165) is 5.56 Å². The summed E-state index contributed by atoms with van der Waals surface area (Å²) in [5.74, 6) is 0.306. The topological polar surface area (TPSA) is 20.2 Å². The number of rotatable bonds is 1. The minimum Gasteiger partial charge on any atom is -0.508 e. The molecule has 0 radical (unpaired) electrons. The van der Waals surface area contributed by atoms with Gasteiger partial charge in [-0.2, -0.15) is 0 Å². The first-order valence-corrected chi connectivity index (χ1v) is 4.62. The number of hydrogen-bond donors (Lipinski definition) is 1. The van der Waals surface area contributed by atoms with Gasteiger partial charge in [-0.1, -0.05) is 41.9 Å². The fourth-order valence-corrected chi connectivity index (χ4v) is 1.40. The number of phenols is 1. The number of benzene rings is 2. The van der Waals surface area contributed by atoms with Gasteiger partial charge >= 0.3 is 0 Å². The Morgan fingerprint density at radius 1 is 0.714 bits per heavy atom. The Morgan fingerprint density at radius 3 is 1.64 bits per heavy atom. The van der Waals surface area contributed by atoms with Crippen molar-refractivity contribution in [1.82, 2.24) is 0 Å². The molecular formula is C12H11BO. The second-order valence-electron chi connectivity index (χ2n) is 3.41. The summed E-state index contributed by atoms with van der Waals surface area (Å²) in [6.45, 7) is 0. The molecular weight excluding hydrogens is 171 g/mol. The lowest BCUT2D eigenvalue weighted by Gasteiger charge is -2.02. The Labute approximate surface area is 84.4 Å². The lowest BCUT2D eigenvalue weighted by Crippen LogP contribution is -1.98. The molecule has 0 atom stereocenters. The summed E-state index contributed by atoms with van der Waals surface area (Å²) in [7, 11) is 2.07. The SMILES string of the molecule is Bc1ccc(-c2ccc(O)cc2)cc1. The van der Waals surface area contributed by atoms with Gasteiger partial charge in [-0.3, -0.25) is 0 Å². The normalized spacial score (nSPS) is 10.0. The van der Waals surface area contributed by atoms with Crippen molar-refractivity contribution in [2.45, 2.75) is 0 Å². The highest BCUT2D eigenvalue weighted by molar-refractivity contribution is 6.32. The van der Waals surface area contributed by atoms with Crippen molar-refractivity contribution in [2.24, 2.45) is 0 Å². The summed E-state index contributed by atoms with van der Waals surface area (Å²) in [6.07, 6.45) is 0. The molecule has 0 unspecified atom stereocenters. The zero-order valence-corrected chi connectivity index (χ0v) is 8.07. The largest absolute Gasteiger partial charge is 0.508 e. The molecule has 68 valence electrons. The van der Waals surface area contributed by atoms with E-state index in [2.05, 4.69) is 32.1 Å². The van der Waals surface area contributed by atoms with Gasteiger partial charge in [-0.15, -0.1) is 0 Å². The van der Waals surface area contributed by atoms with Crippen LogP contribution in [0, 0.1) is 0 Å². The molecule has 0 bridgehead atoms. The quantitative estimate of drug-likeness (QED) is 0.659. The molecule has 1 N–H and O–H groups in total. The van der Waals surface area contributed by atoms with Crippen LogP contribution in [0.5, 0.6) is 5.75 Å². The van der Waals surface area contributed by atoms with Crippen molar-refractivity contribution in [3.63, 3.8) is 0 Å². The number of phenolic OH excluding ortho intramolecular Hbond substituents is 1. The third kappa shape index (κ3) is 1.79. The van der Waals surface area contributed by atoms with E-state index in [0.29, 0.717) is 5.75 Å². The van der Waals surface area contributed by atoms with Crippen LogP contribution in [0.2, 0.25) is 0 Å². The van der Waals surface area contributed by atoms with Crippen molar-refractivity contribution >= 4 is 13.3 Å². The Hall–Kier alpha value is -1.70. The second kappa shape index (κ2) is 3.58. The highest BCUT2D eigenvalue weighted by atomic mass is 16.3. The summed E-state index contributed by atoms with van der Waals surface area (Å²) < 4.78 is 0. The molecule has 0 heterocycles. The molecule has 2 aromatic rings. The third-order valence-electron chi connectivity index (χ3n) is 2.25. The molecule has 2 heteroatoms. The zero-order valence-electron chi connectivity index (χ0n) is 8.07. The molecule has 1 nitrogen and oxygen atoms in total. The Kier molecular flexibility index (Phi) is 2.27. The minimum atomic E-state index is 0.306. The molecule has 0 spiro atoms. The highest BCUT2D eigenvalue weighted by Crippen LogP contribution is 2.20. The van der Waals surface area contributed by atoms with Crippen molar-refractivity contribution in [3.8, 4) is 16.9 Å². The molecule has 0 amide bonds. The predicted molar refractivity (Wildman–Crippen MR) is 61.7 cm³/mol. The van der Waals surface area contributed by atoms with E-state index in [1.54, 1.807) is 12.1 Å². The summed E-state index contributed by atoms with van der Waals surface area (Å²) in [5.41, 5.74) is 3.56. The summed E-state index contributed by atoms with van der Waals surface area (Å²) in [6, 6.07) is 15.6. The van der Waals surface area contributed by atoms with E-state index in [-0.39, 0.29) is 0 Å². The fourth-order valence-electron chi connectivity index (χ4n) is 1.40. The second-order valence-corrected chi connectivity index (χ2v) is 3.41. The minimum absolute atomic E-state index is 0.306. The van der Waals surface area contributed by atoms with Crippen molar-refractivity contribution in [1.29, 1.82) is 0 Å². The smallest absolute Gasteiger partial charge is 0.139 e. The van der Waals surface area contributed by atoms with E-state index in [9.17, 15) is 0 Å². The Bertz CT molecular complexity index is 374. The molecule has 2 aromatic carbocycles. The van der Waals surface area contributed by atoms with Crippen LogP contribution < -0.4 is 5.46 Å². The maximum Gasteiger partial charge on any atom is 0.139 e. The molecule has 0 aliphatic heterocycles. The Balaban J connectivity index is 2.40. The lowest BCUT2D eigenvalue weighted by molar-refractivity contribution is 0.475.